The van der Waals surface area contributed by atoms with Gasteiger partial charge in [-0.25, -0.2) is 19.7 Å². The number of carbonyl (C=O) groups is 1. The largest absolute Gasteiger partial charge is 0.465 e. The maximum absolute atomic E-state index is 11.7. The SMILES string of the molecule is COC(=O)c1ccc2cnc(Nc3ccc4nc(C5CC5)[nH]c4c3)nc2c1. The fourth-order valence-corrected chi connectivity index (χ4v) is 3.11. The van der Waals surface area contributed by atoms with Gasteiger partial charge in [-0.05, 0) is 43.2 Å². The fourth-order valence-electron chi connectivity index (χ4n) is 3.11. The Morgan fingerprint density at radius 1 is 1.15 bits per heavy atom. The lowest BCUT2D eigenvalue weighted by Crippen LogP contribution is -2.02. The minimum atomic E-state index is -0.388. The van der Waals surface area contributed by atoms with E-state index in [1.165, 1.54) is 20.0 Å². The molecule has 0 amide bonds. The molecule has 1 saturated carbocycles. The Morgan fingerprint density at radius 2 is 2.04 bits per heavy atom. The Balaban J connectivity index is 1.46. The zero-order chi connectivity index (χ0) is 18.4. The molecule has 0 saturated heterocycles. The van der Waals surface area contributed by atoms with Gasteiger partial charge in [0.2, 0.25) is 5.95 Å². The van der Waals surface area contributed by atoms with Gasteiger partial charge in [-0.3, -0.25) is 0 Å². The number of ether oxygens (including phenoxy) is 1. The summed E-state index contributed by atoms with van der Waals surface area (Å²) in [6.45, 7) is 0. The number of hydrogen-bond acceptors (Lipinski definition) is 6. The molecule has 2 heterocycles. The molecule has 2 N–H and O–H groups in total. The molecule has 7 heteroatoms. The van der Waals surface area contributed by atoms with E-state index in [-0.39, 0.29) is 5.97 Å². The van der Waals surface area contributed by atoms with E-state index in [0.717, 1.165) is 27.9 Å². The van der Waals surface area contributed by atoms with Crippen LogP contribution in [0.3, 0.4) is 0 Å². The Bertz CT molecular complexity index is 1180. The lowest BCUT2D eigenvalue weighted by molar-refractivity contribution is 0.0601. The molecule has 1 aliphatic rings. The van der Waals surface area contributed by atoms with E-state index in [4.69, 9.17) is 4.74 Å². The molecule has 0 radical (unpaired) electrons. The van der Waals surface area contributed by atoms with Gasteiger partial charge in [0.1, 0.15) is 5.82 Å². The second kappa shape index (κ2) is 6.05. The van der Waals surface area contributed by atoms with Crippen molar-refractivity contribution < 1.29 is 9.53 Å². The first-order valence-corrected chi connectivity index (χ1v) is 8.81. The number of methoxy groups -OCH3 is 1. The van der Waals surface area contributed by atoms with Crippen LogP contribution in [0.5, 0.6) is 0 Å². The van der Waals surface area contributed by atoms with Gasteiger partial charge in [0, 0.05) is 23.2 Å². The zero-order valence-electron chi connectivity index (χ0n) is 14.7. The lowest BCUT2D eigenvalue weighted by Gasteiger charge is -2.06. The van der Waals surface area contributed by atoms with Gasteiger partial charge in [0.25, 0.3) is 0 Å². The molecule has 0 spiro atoms. The molecule has 0 aliphatic heterocycles. The molecule has 134 valence electrons. The van der Waals surface area contributed by atoms with Crippen LogP contribution < -0.4 is 5.32 Å². The molecule has 0 unspecified atom stereocenters. The third-order valence-electron chi connectivity index (χ3n) is 4.72. The van der Waals surface area contributed by atoms with Crippen molar-refractivity contribution in [1.29, 1.82) is 0 Å². The highest BCUT2D eigenvalue weighted by molar-refractivity contribution is 5.94. The van der Waals surface area contributed by atoms with E-state index in [0.29, 0.717) is 22.9 Å². The fraction of sp³-hybridized carbons (Fsp3) is 0.200. The summed E-state index contributed by atoms with van der Waals surface area (Å²) in [5.74, 6) is 1.73. The number of benzene rings is 2. The third-order valence-corrected chi connectivity index (χ3v) is 4.72. The van der Waals surface area contributed by atoms with Crippen molar-refractivity contribution in [2.24, 2.45) is 0 Å². The summed E-state index contributed by atoms with van der Waals surface area (Å²) in [5.41, 5.74) is 3.97. The minimum Gasteiger partial charge on any atom is -0.465 e. The maximum Gasteiger partial charge on any atom is 0.337 e. The number of aromatic amines is 1. The van der Waals surface area contributed by atoms with Gasteiger partial charge < -0.3 is 15.0 Å². The van der Waals surface area contributed by atoms with Crippen LogP contribution in [0, 0.1) is 0 Å². The van der Waals surface area contributed by atoms with Crippen molar-refractivity contribution in [1.82, 2.24) is 19.9 Å². The van der Waals surface area contributed by atoms with Gasteiger partial charge in [-0.1, -0.05) is 6.07 Å². The van der Waals surface area contributed by atoms with E-state index in [2.05, 4.69) is 25.3 Å². The van der Waals surface area contributed by atoms with E-state index in [1.807, 2.05) is 18.2 Å². The number of carbonyl (C=O) groups excluding carboxylic acids is 1. The molecule has 0 atom stereocenters. The number of imidazole rings is 1. The number of rotatable bonds is 4. The normalized spacial score (nSPS) is 13.8. The van der Waals surface area contributed by atoms with Gasteiger partial charge in [0.15, 0.2) is 0 Å². The van der Waals surface area contributed by atoms with Crippen LogP contribution in [0.1, 0.15) is 34.9 Å². The van der Waals surface area contributed by atoms with Crippen LogP contribution in [0.2, 0.25) is 0 Å². The molecular formula is C20H17N5O2. The van der Waals surface area contributed by atoms with Crippen molar-refractivity contribution in [2.75, 3.05) is 12.4 Å². The van der Waals surface area contributed by atoms with Crippen LogP contribution in [-0.2, 0) is 4.74 Å². The minimum absolute atomic E-state index is 0.388. The first-order chi connectivity index (χ1) is 13.2. The second-order valence-electron chi connectivity index (χ2n) is 6.71. The third kappa shape index (κ3) is 2.97. The smallest absolute Gasteiger partial charge is 0.337 e. The van der Waals surface area contributed by atoms with E-state index in [9.17, 15) is 4.79 Å². The number of nitrogens with one attached hydrogen (secondary N) is 2. The number of anilines is 2. The number of nitrogens with zero attached hydrogens (tertiary/aromatic N) is 3. The standard InChI is InChI=1S/C20H17N5O2/c1-27-19(26)12-4-5-13-10-21-20(25-16(13)8-12)22-14-6-7-15-17(9-14)24-18(23-15)11-2-3-11/h4-11H,2-3H2,1H3,(H,23,24)(H,21,22,25). The van der Waals surface area contributed by atoms with Gasteiger partial charge in [-0.2, -0.15) is 0 Å². The number of fused-ring (bicyclic) bond motifs is 2. The summed E-state index contributed by atoms with van der Waals surface area (Å²) in [6, 6.07) is 11.2. The van der Waals surface area contributed by atoms with E-state index in [1.54, 1.807) is 24.4 Å². The number of aromatic nitrogens is 4. The maximum atomic E-state index is 11.7. The van der Waals surface area contributed by atoms with Crippen LogP contribution in [-0.4, -0.2) is 33.0 Å². The summed E-state index contributed by atoms with van der Waals surface area (Å²) < 4.78 is 4.77. The highest BCUT2D eigenvalue weighted by atomic mass is 16.5. The highest BCUT2D eigenvalue weighted by Crippen LogP contribution is 2.39. The first-order valence-electron chi connectivity index (χ1n) is 8.81. The van der Waals surface area contributed by atoms with E-state index >= 15 is 0 Å². The number of H-pyrrole nitrogens is 1. The highest BCUT2D eigenvalue weighted by Gasteiger charge is 2.26. The van der Waals surface area contributed by atoms with Crippen LogP contribution in [0.15, 0.2) is 42.6 Å². The predicted molar refractivity (Wildman–Crippen MR) is 102 cm³/mol. The van der Waals surface area contributed by atoms with Crippen molar-refractivity contribution in [3.8, 4) is 0 Å². The quantitative estimate of drug-likeness (QED) is 0.537. The Hall–Kier alpha value is -3.48. The molecule has 4 aromatic rings. The number of hydrogen-bond donors (Lipinski definition) is 2. The van der Waals surface area contributed by atoms with E-state index < -0.39 is 0 Å². The monoisotopic (exact) mass is 359 g/mol. The van der Waals surface area contributed by atoms with Crippen molar-refractivity contribution >= 4 is 39.5 Å². The lowest BCUT2D eigenvalue weighted by atomic mass is 10.1. The summed E-state index contributed by atoms with van der Waals surface area (Å²) in [7, 11) is 1.36. The zero-order valence-corrected chi connectivity index (χ0v) is 14.7. The molecule has 1 aliphatic carbocycles. The van der Waals surface area contributed by atoms with Gasteiger partial charge in [-0.15, -0.1) is 0 Å². The molecule has 1 fully saturated rings. The Kier molecular flexibility index (Phi) is 3.53. The summed E-state index contributed by atoms with van der Waals surface area (Å²) in [6.07, 6.45) is 4.15. The average molecular weight is 359 g/mol. The van der Waals surface area contributed by atoms with Crippen molar-refractivity contribution in [3.05, 3.63) is 54.0 Å². The molecule has 2 aromatic heterocycles. The first kappa shape index (κ1) is 15.7. The predicted octanol–water partition coefficient (Wildman–Crippen LogP) is 3.91. The van der Waals surface area contributed by atoms with Crippen molar-refractivity contribution in [3.63, 3.8) is 0 Å². The summed E-state index contributed by atoms with van der Waals surface area (Å²) in [5, 5.41) is 4.07. The Labute approximate surface area is 154 Å². The van der Waals surface area contributed by atoms with Crippen LogP contribution >= 0.6 is 0 Å². The molecule has 5 rings (SSSR count). The topological polar surface area (TPSA) is 92.8 Å². The van der Waals surface area contributed by atoms with Crippen molar-refractivity contribution in [2.45, 2.75) is 18.8 Å². The van der Waals surface area contributed by atoms with Crippen LogP contribution in [0.4, 0.5) is 11.6 Å². The average Bonchev–Trinajstić information content (AvgIpc) is 3.46. The number of esters is 1. The van der Waals surface area contributed by atoms with Crippen LogP contribution in [0.25, 0.3) is 21.9 Å². The molecule has 27 heavy (non-hydrogen) atoms. The molecular weight excluding hydrogens is 342 g/mol. The molecule has 0 bridgehead atoms. The van der Waals surface area contributed by atoms with Gasteiger partial charge >= 0.3 is 5.97 Å². The molecule has 2 aromatic carbocycles. The van der Waals surface area contributed by atoms with Gasteiger partial charge in [0.05, 0.1) is 29.2 Å². The second-order valence-corrected chi connectivity index (χ2v) is 6.71. The molecule has 7 nitrogen and oxygen atoms in total. The Morgan fingerprint density at radius 3 is 2.85 bits per heavy atom. The summed E-state index contributed by atoms with van der Waals surface area (Å²) >= 11 is 0. The summed E-state index contributed by atoms with van der Waals surface area (Å²) in [4.78, 5) is 28.6.